The van der Waals surface area contributed by atoms with Crippen LogP contribution in [0.5, 0.6) is 0 Å². The highest BCUT2D eigenvalue weighted by molar-refractivity contribution is 5.46. The molecule has 1 nitrogen and oxygen atoms in total. The Hall–Kier alpha value is -1.86. The third-order valence-corrected chi connectivity index (χ3v) is 4.69. The predicted octanol–water partition coefficient (Wildman–Crippen LogP) is 4.26. The van der Waals surface area contributed by atoms with E-state index in [2.05, 4.69) is 60.7 Å². The summed E-state index contributed by atoms with van der Waals surface area (Å²) in [5, 5.41) is 0. The number of aryl methyl sites for hydroxylation is 2. The minimum atomic E-state index is 0.166. The smallest absolute Gasteiger partial charge is 0.0865 e. The highest BCUT2D eigenvalue weighted by Crippen LogP contribution is 2.38. The molecule has 0 bridgehead atoms. The highest BCUT2D eigenvalue weighted by atomic mass is 16.5. The summed E-state index contributed by atoms with van der Waals surface area (Å²) in [6.45, 7) is 0.835. The number of benzene rings is 2. The van der Waals surface area contributed by atoms with Crippen molar-refractivity contribution in [3.63, 3.8) is 0 Å². The molecule has 1 atom stereocenters. The molecule has 0 amide bonds. The second-order valence-corrected chi connectivity index (χ2v) is 5.93. The lowest BCUT2D eigenvalue weighted by Crippen LogP contribution is -2.25. The summed E-state index contributed by atoms with van der Waals surface area (Å²) in [7, 11) is 0. The average Bonchev–Trinajstić information content (AvgIpc) is 2.72. The van der Waals surface area contributed by atoms with Gasteiger partial charge in [0.2, 0.25) is 0 Å². The van der Waals surface area contributed by atoms with E-state index in [0.29, 0.717) is 5.92 Å². The maximum Gasteiger partial charge on any atom is 0.0865 e. The molecule has 4 rings (SSSR count). The molecule has 0 radical (unpaired) electrons. The molecule has 0 spiro atoms. The van der Waals surface area contributed by atoms with Crippen LogP contribution in [0.25, 0.3) is 0 Å². The molecule has 106 valence electrons. The van der Waals surface area contributed by atoms with Crippen molar-refractivity contribution in [2.24, 2.45) is 0 Å². The van der Waals surface area contributed by atoms with Crippen molar-refractivity contribution >= 4 is 0 Å². The van der Waals surface area contributed by atoms with Gasteiger partial charge in [-0.25, -0.2) is 0 Å². The van der Waals surface area contributed by atoms with E-state index in [9.17, 15) is 0 Å². The Kier molecular flexibility index (Phi) is 3.36. The van der Waals surface area contributed by atoms with Gasteiger partial charge in [0.15, 0.2) is 0 Å². The van der Waals surface area contributed by atoms with Crippen molar-refractivity contribution in [1.29, 1.82) is 0 Å². The molecule has 2 aromatic carbocycles. The zero-order valence-electron chi connectivity index (χ0n) is 12.2. The van der Waals surface area contributed by atoms with Crippen LogP contribution in [0.2, 0.25) is 0 Å². The molecule has 0 aromatic heterocycles. The zero-order chi connectivity index (χ0) is 14.1. The van der Waals surface area contributed by atoms with Crippen LogP contribution in [0, 0.1) is 0 Å². The molecule has 1 heteroatoms. The Morgan fingerprint density at radius 3 is 2.00 bits per heavy atom. The molecular weight excluding hydrogens is 256 g/mol. The Bertz CT molecular complexity index is 624. The van der Waals surface area contributed by atoms with Crippen molar-refractivity contribution in [2.45, 2.75) is 31.3 Å². The van der Waals surface area contributed by atoms with E-state index in [-0.39, 0.29) is 6.10 Å². The normalized spacial score (nSPS) is 21.4. The topological polar surface area (TPSA) is 9.23 Å². The molecule has 1 aliphatic carbocycles. The first-order valence-corrected chi connectivity index (χ1v) is 7.87. The Balaban J connectivity index is 1.89. The van der Waals surface area contributed by atoms with Crippen LogP contribution in [0.3, 0.4) is 0 Å². The number of hydrogen-bond donors (Lipinski definition) is 0. The molecule has 1 aliphatic heterocycles. The van der Waals surface area contributed by atoms with Crippen LogP contribution in [-0.4, -0.2) is 12.7 Å². The largest absolute Gasteiger partial charge is 0.373 e. The van der Waals surface area contributed by atoms with Gasteiger partial charge in [-0.15, -0.1) is 0 Å². The maximum atomic E-state index is 6.10. The fraction of sp³-hybridized carbons (Fsp3) is 0.300. The maximum absolute atomic E-state index is 6.10. The predicted molar refractivity (Wildman–Crippen MR) is 85.6 cm³/mol. The number of ether oxygens (including phenoxy) is 1. The molecule has 1 unspecified atom stereocenters. The van der Waals surface area contributed by atoms with E-state index in [1.807, 2.05) is 0 Å². The Morgan fingerprint density at radius 2 is 1.43 bits per heavy atom. The highest BCUT2D eigenvalue weighted by Gasteiger charge is 2.30. The minimum Gasteiger partial charge on any atom is -0.373 e. The third-order valence-electron chi connectivity index (χ3n) is 4.69. The molecule has 2 aliphatic rings. The molecule has 0 saturated heterocycles. The lowest BCUT2D eigenvalue weighted by atomic mass is 9.83. The van der Waals surface area contributed by atoms with E-state index < -0.39 is 0 Å². The molecular formula is C20H20O. The summed E-state index contributed by atoms with van der Waals surface area (Å²) >= 11 is 0. The zero-order valence-corrected chi connectivity index (χ0v) is 12.2. The van der Waals surface area contributed by atoms with Crippen LogP contribution in [0.4, 0.5) is 0 Å². The summed E-state index contributed by atoms with van der Waals surface area (Å²) in [6.07, 6.45) is 7.98. The molecule has 2 aromatic rings. The van der Waals surface area contributed by atoms with Gasteiger partial charge in [-0.2, -0.15) is 0 Å². The monoisotopic (exact) mass is 276 g/mol. The summed E-state index contributed by atoms with van der Waals surface area (Å²) in [5.41, 5.74) is 5.83. The average molecular weight is 276 g/mol. The van der Waals surface area contributed by atoms with Crippen molar-refractivity contribution < 1.29 is 4.74 Å². The van der Waals surface area contributed by atoms with E-state index in [0.717, 1.165) is 25.9 Å². The standard InChI is InChI=1S/C20H20O/c1-3-9-17-15(7-1)12-13-16-8-2-4-10-18(16)20(17)19-11-5-6-14-21-19/h1-5,7-11,19-20H,6,12-14H2. The SMILES string of the molecule is C1=CC(C2c3ccccc3CCc3ccccc32)OCC1. The molecule has 0 N–H and O–H groups in total. The first-order valence-electron chi connectivity index (χ1n) is 7.87. The minimum absolute atomic E-state index is 0.166. The van der Waals surface area contributed by atoms with Gasteiger partial charge in [0.05, 0.1) is 12.7 Å². The van der Waals surface area contributed by atoms with Gasteiger partial charge in [0.25, 0.3) is 0 Å². The summed E-state index contributed by atoms with van der Waals surface area (Å²) < 4.78 is 6.10. The van der Waals surface area contributed by atoms with Gasteiger partial charge >= 0.3 is 0 Å². The fourth-order valence-electron chi connectivity index (χ4n) is 3.69. The molecule has 0 saturated carbocycles. The van der Waals surface area contributed by atoms with Gasteiger partial charge in [-0.3, -0.25) is 0 Å². The summed E-state index contributed by atoms with van der Waals surface area (Å²) in [6, 6.07) is 17.8. The van der Waals surface area contributed by atoms with Crippen LogP contribution >= 0.6 is 0 Å². The van der Waals surface area contributed by atoms with Crippen LogP contribution < -0.4 is 0 Å². The lowest BCUT2D eigenvalue weighted by molar-refractivity contribution is 0.0691. The van der Waals surface area contributed by atoms with Gasteiger partial charge < -0.3 is 4.74 Å². The van der Waals surface area contributed by atoms with E-state index in [1.165, 1.54) is 22.3 Å². The summed E-state index contributed by atoms with van der Waals surface area (Å²) in [5.74, 6) is 0.330. The Morgan fingerprint density at radius 1 is 0.810 bits per heavy atom. The Labute approximate surface area is 126 Å². The second kappa shape index (κ2) is 5.50. The van der Waals surface area contributed by atoms with E-state index in [1.54, 1.807) is 0 Å². The van der Waals surface area contributed by atoms with Gasteiger partial charge in [0, 0.05) is 5.92 Å². The lowest BCUT2D eigenvalue weighted by Gasteiger charge is -2.29. The quantitative estimate of drug-likeness (QED) is 0.707. The van der Waals surface area contributed by atoms with E-state index >= 15 is 0 Å². The van der Waals surface area contributed by atoms with Gasteiger partial charge in [0.1, 0.15) is 0 Å². The van der Waals surface area contributed by atoms with E-state index in [4.69, 9.17) is 4.74 Å². The van der Waals surface area contributed by atoms with Crippen LogP contribution in [-0.2, 0) is 17.6 Å². The second-order valence-electron chi connectivity index (χ2n) is 5.93. The number of rotatable bonds is 1. The molecule has 0 fully saturated rings. The molecule has 1 heterocycles. The van der Waals surface area contributed by atoms with Crippen molar-refractivity contribution in [3.05, 3.63) is 82.9 Å². The first kappa shape index (κ1) is 12.8. The van der Waals surface area contributed by atoms with Crippen molar-refractivity contribution in [2.75, 3.05) is 6.61 Å². The number of fused-ring (bicyclic) bond motifs is 2. The number of hydrogen-bond acceptors (Lipinski definition) is 1. The van der Waals surface area contributed by atoms with Gasteiger partial charge in [-0.1, -0.05) is 60.7 Å². The van der Waals surface area contributed by atoms with Crippen LogP contribution in [0.15, 0.2) is 60.7 Å². The first-order chi connectivity index (χ1) is 10.4. The van der Waals surface area contributed by atoms with Gasteiger partial charge in [-0.05, 0) is 41.5 Å². The third kappa shape index (κ3) is 2.32. The molecule has 21 heavy (non-hydrogen) atoms. The summed E-state index contributed by atoms with van der Waals surface area (Å²) in [4.78, 5) is 0. The van der Waals surface area contributed by atoms with Crippen molar-refractivity contribution in [1.82, 2.24) is 0 Å². The van der Waals surface area contributed by atoms with Crippen molar-refractivity contribution in [3.8, 4) is 0 Å². The fourth-order valence-corrected chi connectivity index (χ4v) is 3.69. The van der Waals surface area contributed by atoms with Crippen LogP contribution in [0.1, 0.15) is 34.6 Å².